The maximum atomic E-state index is 12.8. The number of benzene rings is 3. The number of fused-ring (bicyclic) bond motifs is 10. The lowest BCUT2D eigenvalue weighted by molar-refractivity contribution is 0.0727. The minimum absolute atomic E-state index is 0.186. The van der Waals surface area contributed by atoms with Gasteiger partial charge >= 0.3 is 0 Å². The van der Waals surface area contributed by atoms with Crippen molar-refractivity contribution in [3.05, 3.63) is 66.6 Å². The number of aromatic nitrogens is 2. The van der Waals surface area contributed by atoms with E-state index in [4.69, 9.17) is 9.72 Å². The van der Waals surface area contributed by atoms with E-state index in [1.54, 1.807) is 7.11 Å². The van der Waals surface area contributed by atoms with Crippen molar-refractivity contribution in [3.8, 4) is 5.75 Å². The van der Waals surface area contributed by atoms with Gasteiger partial charge < -0.3 is 9.14 Å². The van der Waals surface area contributed by atoms with Crippen molar-refractivity contribution in [3.63, 3.8) is 0 Å². The van der Waals surface area contributed by atoms with Crippen LogP contribution in [0.5, 0.6) is 5.75 Å². The fraction of sp³-hybridized carbons (Fsp3) is 0.222. The van der Waals surface area contributed by atoms with Crippen LogP contribution in [-0.2, 0) is 6.54 Å². The Hall–Kier alpha value is -3.22. The number of nitrogens with zero attached hydrogens (tertiary/aromatic N) is 3. The minimum Gasteiger partial charge on any atom is -0.497 e. The van der Waals surface area contributed by atoms with Crippen molar-refractivity contribution >= 4 is 58.7 Å². The molecule has 0 amide bonds. The second-order valence-corrected chi connectivity index (χ2v) is 10.0. The molecule has 1 fully saturated rings. The molecule has 3 aromatic carbocycles. The Labute approximate surface area is 193 Å². The van der Waals surface area contributed by atoms with Gasteiger partial charge in [0.2, 0.25) is 0 Å². The normalized spacial score (nSPS) is 15.3. The van der Waals surface area contributed by atoms with Gasteiger partial charge in [0.25, 0.3) is 0 Å². The third-order valence-electron chi connectivity index (χ3n) is 6.92. The number of rotatable bonds is 4. The third-order valence-corrected chi connectivity index (χ3v) is 8.11. The summed E-state index contributed by atoms with van der Waals surface area (Å²) < 4.78 is 23.0. The van der Waals surface area contributed by atoms with Gasteiger partial charge in [0.05, 0.1) is 19.5 Å². The molecular formula is C27H22FN3OS. The molecule has 1 aliphatic heterocycles. The molecule has 0 N–H and O–H groups in total. The van der Waals surface area contributed by atoms with E-state index in [2.05, 4.69) is 64.2 Å². The van der Waals surface area contributed by atoms with Crippen molar-refractivity contribution in [2.45, 2.75) is 6.54 Å². The first kappa shape index (κ1) is 19.3. The van der Waals surface area contributed by atoms with Gasteiger partial charge in [-0.2, -0.15) is 0 Å². The van der Waals surface area contributed by atoms with E-state index in [1.165, 1.54) is 41.7 Å². The molecule has 33 heavy (non-hydrogen) atoms. The standard InChI is InChI=1S/C27H22FN3OS/c1-32-18-6-7-21-23(10-18)33-26-20-5-3-2-4-19(20)25-22(24(21)26)8-9-31-15-17(29-27(25)31)14-30-12-16(11-28)13-30/h2-10,15-16H,11-14H2,1H3. The zero-order chi connectivity index (χ0) is 22.1. The van der Waals surface area contributed by atoms with E-state index in [1.807, 2.05) is 17.4 Å². The molecule has 0 radical (unpaired) electrons. The molecule has 0 unspecified atom stereocenters. The monoisotopic (exact) mass is 455 g/mol. The first-order valence-electron chi connectivity index (χ1n) is 11.2. The fourth-order valence-electron chi connectivity index (χ4n) is 5.34. The maximum Gasteiger partial charge on any atom is 0.145 e. The second-order valence-electron chi connectivity index (χ2n) is 9.00. The molecule has 0 saturated carbocycles. The van der Waals surface area contributed by atoms with Crippen LogP contribution in [-0.4, -0.2) is 41.2 Å². The summed E-state index contributed by atoms with van der Waals surface area (Å²) in [4.78, 5) is 7.34. The average molecular weight is 456 g/mol. The Bertz CT molecular complexity index is 1700. The van der Waals surface area contributed by atoms with Crippen LogP contribution in [0.2, 0.25) is 0 Å². The largest absolute Gasteiger partial charge is 0.497 e. The van der Waals surface area contributed by atoms with Gasteiger partial charge in [-0.15, -0.1) is 11.3 Å². The summed E-state index contributed by atoms with van der Waals surface area (Å²) in [5, 5.41) is 7.43. The highest BCUT2D eigenvalue weighted by Crippen LogP contribution is 2.45. The van der Waals surface area contributed by atoms with Crippen LogP contribution in [0, 0.1) is 5.92 Å². The van der Waals surface area contributed by atoms with Gasteiger partial charge in [-0.05, 0) is 35.0 Å². The number of ether oxygens (including phenoxy) is 1. The molecule has 3 aromatic heterocycles. The molecule has 6 aromatic rings. The molecule has 0 aliphatic carbocycles. The summed E-state index contributed by atoms with van der Waals surface area (Å²) in [6.45, 7) is 2.17. The van der Waals surface area contributed by atoms with Gasteiger partial charge in [0.15, 0.2) is 0 Å². The Kier molecular flexibility index (Phi) is 4.17. The van der Waals surface area contributed by atoms with Crippen LogP contribution in [0.1, 0.15) is 5.69 Å². The van der Waals surface area contributed by atoms with E-state index in [0.717, 1.165) is 36.7 Å². The number of methoxy groups -OCH3 is 1. The summed E-state index contributed by atoms with van der Waals surface area (Å²) in [7, 11) is 1.71. The zero-order valence-electron chi connectivity index (χ0n) is 18.2. The van der Waals surface area contributed by atoms with E-state index in [0.29, 0.717) is 0 Å². The van der Waals surface area contributed by atoms with E-state index < -0.39 is 0 Å². The van der Waals surface area contributed by atoms with E-state index in [9.17, 15) is 4.39 Å². The van der Waals surface area contributed by atoms with Crippen LogP contribution in [0.4, 0.5) is 4.39 Å². The topological polar surface area (TPSA) is 29.8 Å². The van der Waals surface area contributed by atoms with Crippen molar-refractivity contribution in [2.24, 2.45) is 5.92 Å². The summed E-state index contributed by atoms with van der Waals surface area (Å²) in [5.41, 5.74) is 2.01. The van der Waals surface area contributed by atoms with Gasteiger partial charge in [0, 0.05) is 68.9 Å². The van der Waals surface area contributed by atoms with Crippen molar-refractivity contribution in [1.29, 1.82) is 0 Å². The third kappa shape index (κ3) is 2.81. The van der Waals surface area contributed by atoms with Crippen LogP contribution in [0.25, 0.3) is 47.4 Å². The van der Waals surface area contributed by atoms with Crippen LogP contribution < -0.4 is 4.74 Å². The summed E-state index contributed by atoms with van der Waals surface area (Å²) >= 11 is 1.82. The highest BCUT2D eigenvalue weighted by Gasteiger charge is 2.27. The van der Waals surface area contributed by atoms with Gasteiger partial charge in [-0.1, -0.05) is 24.3 Å². The molecule has 4 nitrogen and oxygen atoms in total. The lowest BCUT2D eigenvalue weighted by Crippen LogP contribution is -2.46. The summed E-state index contributed by atoms with van der Waals surface area (Å²) in [6.07, 6.45) is 4.24. The summed E-state index contributed by atoms with van der Waals surface area (Å²) in [6, 6.07) is 17.2. The number of imidazole rings is 1. The SMILES string of the molecule is COc1ccc2c(c1)sc1c3ccccc3c3c(ccn4cc(CN5CC(CF)C5)nc34)c21. The Balaban J connectivity index is 1.52. The quantitative estimate of drug-likeness (QED) is 0.287. The fourth-order valence-corrected chi connectivity index (χ4v) is 6.63. The molecule has 1 saturated heterocycles. The number of hydrogen-bond donors (Lipinski definition) is 0. The van der Waals surface area contributed by atoms with Gasteiger partial charge in [0.1, 0.15) is 11.4 Å². The molecule has 7 rings (SSSR count). The number of alkyl halides is 1. The average Bonchev–Trinajstić information content (AvgIpc) is 3.41. The first-order chi connectivity index (χ1) is 16.2. The summed E-state index contributed by atoms with van der Waals surface area (Å²) in [5.74, 6) is 1.06. The minimum atomic E-state index is -0.227. The maximum absolute atomic E-state index is 12.8. The van der Waals surface area contributed by atoms with Crippen molar-refractivity contribution in [1.82, 2.24) is 14.3 Å². The lowest BCUT2D eigenvalue weighted by atomic mass is 9.98. The number of likely N-dealkylation sites (tertiary alicyclic amines) is 1. The molecule has 0 spiro atoms. The molecule has 0 atom stereocenters. The highest BCUT2D eigenvalue weighted by atomic mass is 32.1. The number of hydrogen-bond acceptors (Lipinski definition) is 4. The Morgan fingerprint density at radius 2 is 1.88 bits per heavy atom. The number of thiophene rings is 1. The van der Waals surface area contributed by atoms with Gasteiger partial charge in [-0.3, -0.25) is 9.29 Å². The van der Waals surface area contributed by atoms with Crippen LogP contribution >= 0.6 is 11.3 Å². The second kappa shape index (κ2) is 7.14. The van der Waals surface area contributed by atoms with E-state index in [-0.39, 0.29) is 12.6 Å². The molecule has 6 heteroatoms. The number of halogens is 1. The predicted octanol–water partition coefficient (Wildman–Crippen LogP) is 6.42. The molecule has 4 heterocycles. The molecule has 0 bridgehead atoms. The Morgan fingerprint density at radius 3 is 2.70 bits per heavy atom. The van der Waals surface area contributed by atoms with Crippen molar-refractivity contribution < 1.29 is 9.13 Å². The number of pyridine rings is 1. The smallest absolute Gasteiger partial charge is 0.145 e. The lowest BCUT2D eigenvalue weighted by Gasteiger charge is -2.37. The Morgan fingerprint density at radius 1 is 1.03 bits per heavy atom. The highest BCUT2D eigenvalue weighted by molar-refractivity contribution is 7.27. The van der Waals surface area contributed by atoms with Gasteiger partial charge in [-0.25, -0.2) is 4.98 Å². The molecular weight excluding hydrogens is 433 g/mol. The van der Waals surface area contributed by atoms with E-state index >= 15 is 0 Å². The molecule has 1 aliphatic rings. The van der Waals surface area contributed by atoms with Crippen molar-refractivity contribution in [2.75, 3.05) is 26.9 Å². The first-order valence-corrected chi connectivity index (χ1v) is 12.0. The zero-order valence-corrected chi connectivity index (χ0v) is 19.0. The predicted molar refractivity (Wildman–Crippen MR) is 134 cm³/mol. The molecule has 164 valence electrons. The van der Waals surface area contributed by atoms with Crippen LogP contribution in [0.3, 0.4) is 0 Å². The van der Waals surface area contributed by atoms with Crippen LogP contribution in [0.15, 0.2) is 60.9 Å².